The van der Waals surface area contributed by atoms with Gasteiger partial charge < -0.3 is 14.8 Å². The minimum Gasteiger partial charge on any atom is -0.351 e. The number of anilines is 1. The van der Waals surface area contributed by atoms with E-state index in [0.717, 1.165) is 27.1 Å². The highest BCUT2D eigenvalue weighted by molar-refractivity contribution is 9.10. The molecule has 0 unspecified atom stereocenters. The van der Waals surface area contributed by atoms with Crippen molar-refractivity contribution in [2.45, 2.75) is 19.0 Å². The van der Waals surface area contributed by atoms with Crippen molar-refractivity contribution in [3.05, 3.63) is 117 Å². The zero-order valence-electron chi connectivity index (χ0n) is 18.1. The van der Waals surface area contributed by atoms with Crippen LogP contribution in [-0.4, -0.2) is 19.6 Å². The maximum absolute atomic E-state index is 11.4. The van der Waals surface area contributed by atoms with E-state index in [9.17, 15) is 10.1 Å². The zero-order chi connectivity index (χ0) is 23.8. The van der Waals surface area contributed by atoms with Gasteiger partial charge in [0.05, 0.1) is 22.3 Å². The van der Waals surface area contributed by atoms with Crippen LogP contribution < -0.4 is 10.2 Å². The number of thiocarbonyl (C=S) groups is 1. The zero-order valence-corrected chi connectivity index (χ0v) is 20.5. The highest BCUT2D eigenvalue weighted by Crippen LogP contribution is 2.43. The molecule has 5 rings (SSSR count). The molecule has 0 radical (unpaired) electrons. The average Bonchev–Trinajstić information content (AvgIpc) is 3.46. The van der Waals surface area contributed by atoms with Crippen molar-refractivity contribution < 1.29 is 4.92 Å². The van der Waals surface area contributed by atoms with Gasteiger partial charge in [0.2, 0.25) is 0 Å². The highest BCUT2D eigenvalue weighted by atomic mass is 79.9. The third-order valence-corrected chi connectivity index (χ3v) is 7.12. The smallest absolute Gasteiger partial charge is 0.271 e. The van der Waals surface area contributed by atoms with Crippen molar-refractivity contribution in [1.29, 1.82) is 0 Å². The number of nitrogens with one attached hydrogen (secondary N) is 1. The predicted molar refractivity (Wildman–Crippen MR) is 139 cm³/mol. The lowest BCUT2D eigenvalue weighted by Crippen LogP contribution is -2.30. The molecule has 2 atom stereocenters. The molecule has 170 valence electrons. The number of nitro benzene ring substituents is 1. The first-order valence-corrected chi connectivity index (χ1v) is 11.8. The van der Waals surface area contributed by atoms with Gasteiger partial charge in [-0.05, 0) is 73.2 Å². The van der Waals surface area contributed by atoms with Crippen LogP contribution in [0.15, 0.2) is 89.7 Å². The van der Waals surface area contributed by atoms with E-state index >= 15 is 0 Å². The van der Waals surface area contributed by atoms with Crippen LogP contribution in [0.5, 0.6) is 0 Å². The quantitative estimate of drug-likeness (QED) is 0.192. The molecule has 2 aromatic heterocycles. The summed E-state index contributed by atoms with van der Waals surface area (Å²) in [5.74, 6) is 0. The predicted octanol–water partition coefficient (Wildman–Crippen LogP) is 6.03. The van der Waals surface area contributed by atoms with Gasteiger partial charge in [0.25, 0.3) is 5.69 Å². The van der Waals surface area contributed by atoms with Crippen molar-refractivity contribution >= 4 is 44.6 Å². The SMILES string of the molecule is Cc1cc(N2C(=S)N[C@H](c3ccccn3)[C@@H]2c2cccn2-c2cccc([N+](=O)[O-])c2)ccc1Br. The fourth-order valence-corrected chi connectivity index (χ4v) is 4.93. The van der Waals surface area contributed by atoms with Gasteiger partial charge in [0.1, 0.15) is 6.04 Å². The van der Waals surface area contributed by atoms with Gasteiger partial charge in [-0.15, -0.1) is 0 Å². The van der Waals surface area contributed by atoms with Crippen LogP contribution in [0.2, 0.25) is 0 Å². The Morgan fingerprint density at radius 1 is 1.06 bits per heavy atom. The molecule has 4 aromatic rings. The fraction of sp³-hybridized carbons (Fsp3) is 0.120. The number of nitrogens with zero attached hydrogens (tertiary/aromatic N) is 4. The topological polar surface area (TPSA) is 76.2 Å². The lowest BCUT2D eigenvalue weighted by atomic mass is 10.0. The number of aromatic nitrogens is 2. The largest absolute Gasteiger partial charge is 0.351 e. The van der Waals surface area contributed by atoms with Crippen LogP contribution in [0, 0.1) is 17.0 Å². The van der Waals surface area contributed by atoms with Crippen LogP contribution in [0.1, 0.15) is 29.0 Å². The Morgan fingerprint density at radius 2 is 1.91 bits per heavy atom. The Balaban J connectivity index is 1.67. The Kier molecular flexibility index (Phi) is 5.89. The van der Waals surface area contributed by atoms with Crippen molar-refractivity contribution in [2.24, 2.45) is 0 Å². The first-order chi connectivity index (χ1) is 16.4. The molecule has 0 aliphatic carbocycles. The molecule has 0 spiro atoms. The summed E-state index contributed by atoms with van der Waals surface area (Å²) in [6, 6.07) is 22.1. The molecular formula is C25H20BrN5O2S. The van der Waals surface area contributed by atoms with Crippen LogP contribution in [-0.2, 0) is 0 Å². The first kappa shape index (κ1) is 22.2. The van der Waals surface area contributed by atoms with E-state index in [-0.39, 0.29) is 22.7 Å². The van der Waals surface area contributed by atoms with Crippen molar-refractivity contribution in [1.82, 2.24) is 14.9 Å². The molecule has 1 aliphatic heterocycles. The van der Waals surface area contributed by atoms with E-state index in [1.807, 2.05) is 66.2 Å². The minimum atomic E-state index is -0.382. The van der Waals surface area contributed by atoms with Gasteiger partial charge >= 0.3 is 0 Å². The van der Waals surface area contributed by atoms with Gasteiger partial charge in [-0.1, -0.05) is 28.1 Å². The molecule has 1 N–H and O–H groups in total. The van der Waals surface area contributed by atoms with Gasteiger partial charge in [0, 0.05) is 40.4 Å². The Hall–Kier alpha value is -3.56. The number of nitro groups is 1. The maximum atomic E-state index is 11.4. The van der Waals surface area contributed by atoms with E-state index in [2.05, 4.69) is 37.2 Å². The number of hydrogen-bond donors (Lipinski definition) is 1. The summed E-state index contributed by atoms with van der Waals surface area (Å²) in [4.78, 5) is 17.7. The number of hydrogen-bond acceptors (Lipinski definition) is 4. The summed E-state index contributed by atoms with van der Waals surface area (Å²) in [7, 11) is 0. The molecule has 1 fully saturated rings. The van der Waals surface area contributed by atoms with Gasteiger partial charge in [-0.25, -0.2) is 0 Å². The number of pyridine rings is 1. The normalized spacial score (nSPS) is 17.6. The Labute approximate surface area is 210 Å². The molecule has 7 nitrogen and oxygen atoms in total. The lowest BCUT2D eigenvalue weighted by Gasteiger charge is -2.29. The second-order valence-electron chi connectivity index (χ2n) is 8.01. The standard InChI is InChI=1S/C25H20BrN5O2S/c1-16-14-18(10-11-20(16)26)30-24(23(28-25(30)34)21-8-2-3-12-27-21)22-9-5-13-29(22)17-6-4-7-19(15-17)31(32)33/h2-15,23-24H,1H3,(H,28,34)/t23-,24+/m1/s1. The monoisotopic (exact) mass is 533 g/mol. The van der Waals surface area contributed by atoms with E-state index in [0.29, 0.717) is 10.8 Å². The third-order valence-electron chi connectivity index (χ3n) is 5.92. The highest BCUT2D eigenvalue weighted by Gasteiger charge is 2.42. The van der Waals surface area contributed by atoms with Crippen molar-refractivity contribution in [3.8, 4) is 5.69 Å². The number of benzene rings is 2. The van der Waals surface area contributed by atoms with Gasteiger partial charge in [-0.3, -0.25) is 15.1 Å². The van der Waals surface area contributed by atoms with Crippen LogP contribution in [0.25, 0.3) is 5.69 Å². The molecule has 0 amide bonds. The lowest BCUT2D eigenvalue weighted by molar-refractivity contribution is -0.384. The number of rotatable bonds is 5. The molecule has 0 bridgehead atoms. The molecule has 2 aromatic carbocycles. The molecule has 34 heavy (non-hydrogen) atoms. The van der Waals surface area contributed by atoms with E-state index in [1.165, 1.54) is 6.07 Å². The summed E-state index contributed by atoms with van der Waals surface area (Å²) in [5.41, 5.74) is 4.59. The summed E-state index contributed by atoms with van der Waals surface area (Å²) in [6.07, 6.45) is 3.68. The fourth-order valence-electron chi connectivity index (χ4n) is 4.34. The Morgan fingerprint density at radius 3 is 2.65 bits per heavy atom. The molecular weight excluding hydrogens is 514 g/mol. The second kappa shape index (κ2) is 9.00. The van der Waals surface area contributed by atoms with E-state index in [1.54, 1.807) is 18.3 Å². The van der Waals surface area contributed by atoms with E-state index < -0.39 is 0 Å². The molecule has 1 saturated heterocycles. The number of non-ortho nitro benzene ring substituents is 1. The Bertz CT molecular complexity index is 1390. The molecule has 3 heterocycles. The number of aryl methyl sites for hydroxylation is 1. The number of halogens is 1. The minimum absolute atomic E-state index is 0.0406. The molecule has 1 aliphatic rings. The second-order valence-corrected chi connectivity index (χ2v) is 9.25. The van der Waals surface area contributed by atoms with Crippen molar-refractivity contribution in [2.75, 3.05) is 4.90 Å². The van der Waals surface area contributed by atoms with Gasteiger partial charge in [-0.2, -0.15) is 0 Å². The van der Waals surface area contributed by atoms with E-state index in [4.69, 9.17) is 12.2 Å². The summed E-state index contributed by atoms with van der Waals surface area (Å²) in [5, 5.41) is 15.4. The first-order valence-electron chi connectivity index (χ1n) is 10.6. The van der Waals surface area contributed by atoms with Crippen molar-refractivity contribution in [3.63, 3.8) is 0 Å². The van der Waals surface area contributed by atoms with Crippen LogP contribution >= 0.6 is 28.1 Å². The van der Waals surface area contributed by atoms with Gasteiger partial charge in [0.15, 0.2) is 5.11 Å². The van der Waals surface area contributed by atoms with Crippen LogP contribution in [0.4, 0.5) is 11.4 Å². The average molecular weight is 534 g/mol. The summed E-state index contributed by atoms with van der Waals surface area (Å²) >= 11 is 9.40. The molecule has 0 saturated carbocycles. The maximum Gasteiger partial charge on any atom is 0.271 e. The summed E-state index contributed by atoms with van der Waals surface area (Å²) in [6.45, 7) is 2.04. The summed E-state index contributed by atoms with van der Waals surface area (Å²) < 4.78 is 2.99. The van der Waals surface area contributed by atoms with Crippen LogP contribution in [0.3, 0.4) is 0 Å². The molecule has 9 heteroatoms. The third kappa shape index (κ3) is 3.97.